The molecule has 6 heteroatoms. The topological polar surface area (TPSA) is 52.7 Å². The van der Waals surface area contributed by atoms with Crippen LogP contribution in [0.25, 0.3) is 0 Å². The molecule has 0 aliphatic carbocycles. The highest BCUT2D eigenvalue weighted by molar-refractivity contribution is 7.12. The van der Waals surface area contributed by atoms with Crippen molar-refractivity contribution in [1.82, 2.24) is 15.1 Å². The molecule has 1 aromatic heterocycles. The van der Waals surface area contributed by atoms with Gasteiger partial charge in [-0.25, -0.2) is 0 Å². The van der Waals surface area contributed by atoms with Crippen LogP contribution in [0.5, 0.6) is 0 Å². The summed E-state index contributed by atoms with van der Waals surface area (Å²) in [7, 11) is 0. The minimum absolute atomic E-state index is 0.0710. The Bertz CT molecular complexity index is 465. The van der Waals surface area contributed by atoms with E-state index in [4.69, 9.17) is 0 Å². The van der Waals surface area contributed by atoms with Crippen LogP contribution in [0.3, 0.4) is 0 Å². The minimum atomic E-state index is 0.0710. The van der Waals surface area contributed by atoms with Crippen LogP contribution in [0.1, 0.15) is 23.5 Å². The molecule has 0 bridgehead atoms. The minimum Gasteiger partial charge on any atom is -0.355 e. The van der Waals surface area contributed by atoms with Gasteiger partial charge in [-0.1, -0.05) is 19.9 Å². The van der Waals surface area contributed by atoms with E-state index >= 15 is 0 Å². The van der Waals surface area contributed by atoms with Crippen LogP contribution in [-0.4, -0.2) is 60.9 Å². The molecule has 0 aromatic carbocycles. The van der Waals surface area contributed by atoms with Crippen molar-refractivity contribution in [2.75, 3.05) is 39.3 Å². The molecule has 1 aromatic rings. The van der Waals surface area contributed by atoms with Gasteiger partial charge in [-0.3, -0.25) is 14.5 Å². The lowest BCUT2D eigenvalue weighted by Gasteiger charge is -2.34. The molecule has 1 saturated heterocycles. The van der Waals surface area contributed by atoms with Gasteiger partial charge in [0.2, 0.25) is 5.91 Å². The summed E-state index contributed by atoms with van der Waals surface area (Å²) in [5.74, 6) is 0.643. The zero-order valence-electron chi connectivity index (χ0n) is 12.7. The van der Waals surface area contributed by atoms with Gasteiger partial charge in [0.15, 0.2) is 0 Å². The van der Waals surface area contributed by atoms with E-state index < -0.39 is 0 Å². The van der Waals surface area contributed by atoms with Gasteiger partial charge in [-0.15, -0.1) is 11.3 Å². The number of carbonyl (C=O) groups is 2. The molecule has 21 heavy (non-hydrogen) atoms. The molecular formula is C15H23N3O2S. The number of rotatable bonds is 5. The van der Waals surface area contributed by atoms with Crippen molar-refractivity contribution >= 4 is 23.2 Å². The Balaban J connectivity index is 1.73. The van der Waals surface area contributed by atoms with E-state index in [1.54, 1.807) is 0 Å². The summed E-state index contributed by atoms with van der Waals surface area (Å²) >= 11 is 1.48. The summed E-state index contributed by atoms with van der Waals surface area (Å²) < 4.78 is 0. The number of nitrogens with one attached hydrogen (secondary N) is 1. The van der Waals surface area contributed by atoms with Crippen molar-refractivity contribution < 1.29 is 9.59 Å². The molecule has 0 radical (unpaired) electrons. The van der Waals surface area contributed by atoms with Gasteiger partial charge >= 0.3 is 0 Å². The fraction of sp³-hybridized carbons (Fsp3) is 0.600. The van der Waals surface area contributed by atoms with Gasteiger partial charge in [-0.2, -0.15) is 0 Å². The molecule has 2 rings (SSSR count). The number of amides is 2. The molecule has 2 amide bonds. The number of thiophene rings is 1. The molecule has 2 heterocycles. The second-order valence-electron chi connectivity index (χ2n) is 5.74. The van der Waals surface area contributed by atoms with Crippen LogP contribution in [0.2, 0.25) is 0 Å². The Morgan fingerprint density at radius 2 is 2.00 bits per heavy atom. The molecule has 0 spiro atoms. The third-order valence-electron chi connectivity index (χ3n) is 3.47. The maximum Gasteiger partial charge on any atom is 0.264 e. The van der Waals surface area contributed by atoms with Crippen LogP contribution in [0, 0.1) is 5.92 Å². The molecule has 0 atom stereocenters. The maximum atomic E-state index is 12.2. The molecule has 0 unspecified atom stereocenters. The summed E-state index contributed by atoms with van der Waals surface area (Å²) in [5.41, 5.74) is 0. The second-order valence-corrected chi connectivity index (χ2v) is 6.69. The SMILES string of the molecule is CC(C)CNC(=O)CN1CCN(C(=O)c2cccs2)CC1. The standard InChI is InChI=1S/C15H23N3O2S/c1-12(2)10-16-14(19)11-17-5-7-18(8-6-17)15(20)13-4-3-9-21-13/h3-4,9,12H,5-8,10-11H2,1-2H3,(H,16,19). The molecule has 1 aliphatic rings. The fourth-order valence-corrected chi connectivity index (χ4v) is 2.93. The summed E-state index contributed by atoms with van der Waals surface area (Å²) in [6, 6.07) is 3.76. The quantitative estimate of drug-likeness (QED) is 0.891. The van der Waals surface area contributed by atoms with Gasteiger partial charge < -0.3 is 10.2 Å². The van der Waals surface area contributed by atoms with E-state index in [2.05, 4.69) is 24.1 Å². The van der Waals surface area contributed by atoms with Crippen molar-refractivity contribution in [2.24, 2.45) is 5.92 Å². The first-order valence-electron chi connectivity index (χ1n) is 7.38. The van der Waals surface area contributed by atoms with Crippen LogP contribution in [-0.2, 0) is 4.79 Å². The van der Waals surface area contributed by atoms with Crippen LogP contribution in [0.15, 0.2) is 17.5 Å². The third kappa shape index (κ3) is 4.82. The predicted molar refractivity (Wildman–Crippen MR) is 84.5 cm³/mol. The number of nitrogens with zero attached hydrogens (tertiary/aromatic N) is 2. The lowest BCUT2D eigenvalue weighted by atomic mass is 10.2. The number of piperazine rings is 1. The Labute approximate surface area is 129 Å². The maximum absolute atomic E-state index is 12.2. The van der Waals surface area contributed by atoms with Crippen molar-refractivity contribution in [3.63, 3.8) is 0 Å². The molecule has 1 fully saturated rings. The van der Waals surface area contributed by atoms with Crippen LogP contribution in [0.4, 0.5) is 0 Å². The molecule has 116 valence electrons. The Kier molecular flexibility index (Phi) is 5.76. The first-order chi connectivity index (χ1) is 10.1. The van der Waals surface area contributed by atoms with Crippen LogP contribution >= 0.6 is 11.3 Å². The predicted octanol–water partition coefficient (Wildman–Crippen LogP) is 1.28. The van der Waals surface area contributed by atoms with Gasteiger partial charge in [0.25, 0.3) is 5.91 Å². The molecule has 1 aliphatic heterocycles. The van der Waals surface area contributed by atoms with E-state index in [0.717, 1.165) is 24.5 Å². The van der Waals surface area contributed by atoms with E-state index in [0.29, 0.717) is 25.6 Å². The lowest BCUT2D eigenvalue weighted by molar-refractivity contribution is -0.122. The fourth-order valence-electron chi connectivity index (χ4n) is 2.24. The summed E-state index contributed by atoms with van der Waals surface area (Å²) in [5, 5.41) is 4.85. The molecular weight excluding hydrogens is 286 g/mol. The zero-order chi connectivity index (χ0) is 15.2. The highest BCUT2D eigenvalue weighted by Crippen LogP contribution is 2.13. The summed E-state index contributed by atoms with van der Waals surface area (Å²) in [6.45, 7) is 8.19. The van der Waals surface area contributed by atoms with E-state index in [-0.39, 0.29) is 11.8 Å². The second kappa shape index (κ2) is 7.56. The normalized spacial score (nSPS) is 16.2. The van der Waals surface area contributed by atoms with Crippen molar-refractivity contribution in [3.05, 3.63) is 22.4 Å². The Morgan fingerprint density at radius 3 is 2.57 bits per heavy atom. The average molecular weight is 309 g/mol. The average Bonchev–Trinajstić information content (AvgIpc) is 2.99. The van der Waals surface area contributed by atoms with E-state index in [1.165, 1.54) is 11.3 Å². The van der Waals surface area contributed by atoms with Crippen molar-refractivity contribution in [1.29, 1.82) is 0 Å². The van der Waals surface area contributed by atoms with Crippen molar-refractivity contribution in [2.45, 2.75) is 13.8 Å². The summed E-state index contributed by atoms with van der Waals surface area (Å²) in [6.07, 6.45) is 0. The van der Waals surface area contributed by atoms with Crippen molar-refractivity contribution in [3.8, 4) is 0 Å². The molecule has 1 N–H and O–H groups in total. The zero-order valence-corrected chi connectivity index (χ0v) is 13.5. The number of carbonyl (C=O) groups excluding carboxylic acids is 2. The van der Waals surface area contributed by atoms with Gasteiger partial charge in [0.1, 0.15) is 0 Å². The smallest absolute Gasteiger partial charge is 0.264 e. The van der Waals surface area contributed by atoms with Gasteiger partial charge in [0.05, 0.1) is 11.4 Å². The highest BCUT2D eigenvalue weighted by atomic mass is 32.1. The largest absolute Gasteiger partial charge is 0.355 e. The van der Waals surface area contributed by atoms with Crippen LogP contribution < -0.4 is 5.32 Å². The van der Waals surface area contributed by atoms with Gasteiger partial charge in [0, 0.05) is 32.7 Å². The molecule has 5 nitrogen and oxygen atoms in total. The lowest BCUT2D eigenvalue weighted by Crippen LogP contribution is -2.51. The first kappa shape index (κ1) is 16.0. The molecule has 0 saturated carbocycles. The number of hydrogen-bond acceptors (Lipinski definition) is 4. The highest BCUT2D eigenvalue weighted by Gasteiger charge is 2.23. The Hall–Kier alpha value is -1.40. The third-order valence-corrected chi connectivity index (χ3v) is 4.32. The number of hydrogen-bond donors (Lipinski definition) is 1. The summed E-state index contributed by atoms with van der Waals surface area (Å²) in [4.78, 5) is 28.8. The van der Waals surface area contributed by atoms with Gasteiger partial charge in [-0.05, 0) is 17.4 Å². The van der Waals surface area contributed by atoms with E-state index in [9.17, 15) is 9.59 Å². The first-order valence-corrected chi connectivity index (χ1v) is 8.26. The van der Waals surface area contributed by atoms with E-state index in [1.807, 2.05) is 22.4 Å². The Morgan fingerprint density at radius 1 is 1.29 bits per heavy atom. The monoisotopic (exact) mass is 309 g/mol.